The SMILES string of the molecule is [O-][NH+](O)c1cccc(C=Cc2cc(C=Cc3cccc([NH+]([O-])O)c3)c([NH+]([O-])O)cc2[NH+]([O-])O)c1. The quantitative estimate of drug-likeness (QED) is 0.162. The monoisotopic (exact) mass is 470 g/mol. The summed E-state index contributed by atoms with van der Waals surface area (Å²) in [6, 6.07) is 14.5. The third-order valence-corrected chi connectivity index (χ3v) is 4.86. The van der Waals surface area contributed by atoms with Crippen LogP contribution in [0.4, 0.5) is 22.7 Å². The highest BCUT2D eigenvalue weighted by molar-refractivity contribution is 5.82. The van der Waals surface area contributed by atoms with Crippen LogP contribution < -0.4 is 20.9 Å². The predicted molar refractivity (Wildman–Crippen MR) is 120 cm³/mol. The van der Waals surface area contributed by atoms with Gasteiger partial charge in [-0.2, -0.15) is 20.9 Å². The molecule has 0 aliphatic rings. The lowest BCUT2D eigenvalue weighted by molar-refractivity contribution is -0.996. The molecule has 8 N–H and O–H groups in total. The van der Waals surface area contributed by atoms with Gasteiger partial charge in [-0.1, -0.05) is 36.4 Å². The lowest BCUT2D eigenvalue weighted by Gasteiger charge is -2.19. The molecule has 0 saturated heterocycles. The number of benzene rings is 3. The zero-order valence-corrected chi connectivity index (χ0v) is 17.5. The summed E-state index contributed by atoms with van der Waals surface area (Å²) in [7, 11) is 0. The summed E-state index contributed by atoms with van der Waals surface area (Å²) in [6.07, 6.45) is 5.97. The van der Waals surface area contributed by atoms with Crippen LogP contribution in [0.1, 0.15) is 22.3 Å². The zero-order valence-electron chi connectivity index (χ0n) is 17.5. The summed E-state index contributed by atoms with van der Waals surface area (Å²) in [4.78, 5) is 0. The molecule has 0 saturated carbocycles. The van der Waals surface area contributed by atoms with Crippen LogP contribution in [0.15, 0.2) is 60.7 Å². The minimum Gasteiger partial charge on any atom is -0.595 e. The third kappa shape index (κ3) is 6.37. The number of rotatable bonds is 8. The molecule has 0 spiro atoms. The normalized spacial score (nSPS) is 15.5. The molecule has 0 aromatic heterocycles. The van der Waals surface area contributed by atoms with E-state index >= 15 is 0 Å². The van der Waals surface area contributed by atoms with E-state index in [0.717, 1.165) is 6.07 Å². The molecule has 3 aromatic carbocycles. The first kappa shape index (κ1) is 25.3. The summed E-state index contributed by atoms with van der Waals surface area (Å²) in [5.74, 6) is 0. The van der Waals surface area contributed by atoms with E-state index in [1.54, 1.807) is 24.3 Å². The van der Waals surface area contributed by atoms with E-state index in [2.05, 4.69) is 0 Å². The van der Waals surface area contributed by atoms with Crippen molar-refractivity contribution in [2.24, 2.45) is 0 Å². The molecule has 0 bridgehead atoms. The van der Waals surface area contributed by atoms with Crippen LogP contribution in [0.2, 0.25) is 0 Å². The molecule has 0 aliphatic carbocycles. The molecule has 178 valence electrons. The van der Waals surface area contributed by atoms with Gasteiger partial charge in [0, 0.05) is 35.4 Å². The Bertz CT molecular complexity index is 1110. The Morgan fingerprint density at radius 1 is 0.500 bits per heavy atom. The van der Waals surface area contributed by atoms with Crippen molar-refractivity contribution in [1.29, 1.82) is 0 Å². The van der Waals surface area contributed by atoms with Crippen molar-refractivity contribution in [2.45, 2.75) is 0 Å². The summed E-state index contributed by atoms with van der Waals surface area (Å²) < 4.78 is 0. The van der Waals surface area contributed by atoms with Crippen molar-refractivity contribution < 1.29 is 41.7 Å². The van der Waals surface area contributed by atoms with Crippen molar-refractivity contribution in [1.82, 2.24) is 0 Å². The van der Waals surface area contributed by atoms with Crippen molar-refractivity contribution in [3.63, 3.8) is 0 Å². The minimum atomic E-state index is -1.33. The van der Waals surface area contributed by atoms with Gasteiger partial charge in [0.1, 0.15) is 0 Å². The van der Waals surface area contributed by atoms with E-state index in [1.165, 1.54) is 54.6 Å². The molecule has 0 fully saturated rings. The maximum absolute atomic E-state index is 11.8. The summed E-state index contributed by atoms with van der Waals surface area (Å²) in [5.41, 5.74) is 1.08. The average molecular weight is 470 g/mol. The van der Waals surface area contributed by atoms with Gasteiger partial charge in [-0.05, 0) is 29.3 Å². The van der Waals surface area contributed by atoms with E-state index in [9.17, 15) is 31.2 Å². The molecular weight excluding hydrogens is 448 g/mol. The molecule has 4 unspecified atom stereocenters. The highest BCUT2D eigenvalue weighted by atomic mass is 16.8. The molecule has 34 heavy (non-hydrogen) atoms. The van der Waals surface area contributed by atoms with E-state index in [1.807, 2.05) is 0 Å². The Kier molecular flexibility index (Phi) is 8.32. The van der Waals surface area contributed by atoms with Crippen molar-refractivity contribution in [2.75, 3.05) is 0 Å². The first-order valence-electron chi connectivity index (χ1n) is 9.83. The standard InChI is InChI=1S/C22H22N4O8/c27-23(28)19-5-1-3-15(11-19)7-9-17-13-18(22(26(33)34)14-21(17)25(31)32)10-8-16-4-2-6-20(12-16)24(29)30/h1-14,23-27,29,31,33H. The molecule has 3 rings (SSSR count). The van der Waals surface area contributed by atoms with Gasteiger partial charge >= 0.3 is 0 Å². The zero-order chi connectivity index (χ0) is 24.8. The Morgan fingerprint density at radius 3 is 1.26 bits per heavy atom. The lowest BCUT2D eigenvalue weighted by atomic mass is 10.0. The fourth-order valence-electron chi connectivity index (χ4n) is 3.20. The third-order valence-electron chi connectivity index (χ3n) is 4.86. The van der Waals surface area contributed by atoms with Gasteiger partial charge in [0.2, 0.25) is 0 Å². The summed E-state index contributed by atoms with van der Waals surface area (Å²) in [5, 5.41) is 78.4. The first-order valence-corrected chi connectivity index (χ1v) is 9.83. The van der Waals surface area contributed by atoms with Gasteiger partial charge in [0.05, 0.1) is 6.07 Å². The van der Waals surface area contributed by atoms with Gasteiger partial charge in [-0.15, -0.1) is 0 Å². The Hall–Kier alpha value is -3.34. The topological polar surface area (TPSA) is 191 Å². The first-order chi connectivity index (χ1) is 16.2. The fraction of sp³-hybridized carbons (Fsp3) is 0. The maximum atomic E-state index is 11.8. The fourth-order valence-corrected chi connectivity index (χ4v) is 3.20. The lowest BCUT2D eigenvalue weighted by Crippen LogP contribution is -3.01. The van der Waals surface area contributed by atoms with Crippen LogP contribution in [0.25, 0.3) is 24.3 Å². The molecule has 0 aliphatic heterocycles. The second-order valence-corrected chi connectivity index (χ2v) is 7.16. The number of nitrogens with one attached hydrogen (secondary N) is 4. The summed E-state index contributed by atoms with van der Waals surface area (Å²) >= 11 is 0. The van der Waals surface area contributed by atoms with Crippen molar-refractivity contribution in [3.05, 3.63) is 104 Å². The van der Waals surface area contributed by atoms with Crippen LogP contribution in [0.5, 0.6) is 0 Å². The number of quaternary nitrogens is 4. The average Bonchev–Trinajstić information content (AvgIpc) is 2.81. The van der Waals surface area contributed by atoms with Crippen LogP contribution >= 0.6 is 0 Å². The molecule has 12 heteroatoms. The van der Waals surface area contributed by atoms with Crippen molar-refractivity contribution in [3.8, 4) is 0 Å². The molecule has 0 amide bonds. The van der Waals surface area contributed by atoms with E-state index in [4.69, 9.17) is 10.4 Å². The maximum Gasteiger partial charge on any atom is 0.177 e. The molecule has 3 aromatic rings. The Labute approximate surface area is 193 Å². The van der Waals surface area contributed by atoms with Gasteiger partial charge in [-0.3, -0.25) is 0 Å². The van der Waals surface area contributed by atoms with Crippen LogP contribution in [0.3, 0.4) is 0 Å². The van der Waals surface area contributed by atoms with Gasteiger partial charge in [0.25, 0.3) is 0 Å². The van der Waals surface area contributed by atoms with Gasteiger partial charge in [-0.25, -0.2) is 20.8 Å². The molecular formula is C22H22N4O8. The highest BCUT2D eigenvalue weighted by Gasteiger charge is 2.17. The molecule has 0 heterocycles. The number of hydrogen-bond donors (Lipinski definition) is 8. The van der Waals surface area contributed by atoms with Gasteiger partial charge in [0.15, 0.2) is 22.7 Å². The highest BCUT2D eigenvalue weighted by Crippen LogP contribution is 2.25. The Balaban J connectivity index is 2.04. The van der Waals surface area contributed by atoms with Crippen LogP contribution in [-0.2, 0) is 0 Å². The second kappa shape index (κ2) is 11.2. The molecule has 12 nitrogen and oxygen atoms in total. The van der Waals surface area contributed by atoms with E-state index < -0.39 is 20.9 Å². The van der Waals surface area contributed by atoms with Gasteiger partial charge < -0.3 is 20.8 Å². The largest absolute Gasteiger partial charge is 0.595 e. The molecule has 0 radical (unpaired) electrons. The minimum absolute atomic E-state index is 0.0639. The van der Waals surface area contributed by atoms with E-state index in [-0.39, 0.29) is 33.9 Å². The van der Waals surface area contributed by atoms with Crippen LogP contribution in [-0.4, -0.2) is 20.8 Å². The second-order valence-electron chi connectivity index (χ2n) is 7.16. The summed E-state index contributed by atoms with van der Waals surface area (Å²) in [6.45, 7) is 0. The number of hydrogen-bond acceptors (Lipinski definition) is 8. The smallest absolute Gasteiger partial charge is 0.177 e. The van der Waals surface area contributed by atoms with Crippen molar-refractivity contribution >= 4 is 47.1 Å². The Morgan fingerprint density at radius 2 is 0.912 bits per heavy atom. The van der Waals surface area contributed by atoms with E-state index in [0.29, 0.717) is 11.1 Å². The molecule has 4 atom stereocenters. The predicted octanol–water partition coefficient (Wildman–Crippen LogP) is -0.359. The van der Waals surface area contributed by atoms with Crippen LogP contribution in [0, 0.1) is 20.8 Å².